The lowest BCUT2D eigenvalue weighted by atomic mass is 9.94. The van der Waals surface area contributed by atoms with Crippen LogP contribution in [0.15, 0.2) is 29.0 Å². The molecule has 0 aliphatic carbocycles. The van der Waals surface area contributed by atoms with Gasteiger partial charge in [-0.1, -0.05) is 5.16 Å². The van der Waals surface area contributed by atoms with Gasteiger partial charge in [-0.25, -0.2) is 31.9 Å². The number of hydrogen-bond donors (Lipinski definition) is 1. The Morgan fingerprint density at radius 2 is 1.72 bits per heavy atom. The molecule has 10 nitrogen and oxygen atoms in total. The summed E-state index contributed by atoms with van der Waals surface area (Å²) in [6.07, 6.45) is 1.07. The maximum Gasteiger partial charge on any atom is 0.324 e. The van der Waals surface area contributed by atoms with Gasteiger partial charge in [0, 0.05) is 69.7 Å². The van der Waals surface area contributed by atoms with E-state index >= 15 is 0 Å². The molecule has 4 heterocycles. The minimum atomic E-state index is -2.82. The van der Waals surface area contributed by atoms with Crippen LogP contribution in [0.3, 0.4) is 0 Å². The van der Waals surface area contributed by atoms with Crippen LogP contribution in [0.4, 0.5) is 33.9 Å². The molecule has 0 radical (unpaired) electrons. The number of rotatable bonds is 6. The summed E-state index contributed by atoms with van der Waals surface area (Å²) in [6, 6.07) is 0.670. The van der Waals surface area contributed by atoms with Crippen LogP contribution in [-0.4, -0.2) is 76.2 Å². The van der Waals surface area contributed by atoms with Gasteiger partial charge in [0.05, 0.1) is 5.56 Å². The minimum Gasteiger partial charge on any atom is -0.339 e. The van der Waals surface area contributed by atoms with Crippen molar-refractivity contribution in [2.24, 2.45) is 5.73 Å². The van der Waals surface area contributed by atoms with Crippen LogP contribution in [0.25, 0.3) is 0 Å². The van der Waals surface area contributed by atoms with Crippen molar-refractivity contribution in [3.8, 4) is 0 Å². The van der Waals surface area contributed by atoms with Crippen LogP contribution in [0.5, 0.6) is 0 Å². The molecule has 0 unspecified atom stereocenters. The van der Waals surface area contributed by atoms with Crippen molar-refractivity contribution >= 4 is 17.9 Å². The van der Waals surface area contributed by atoms with Gasteiger partial charge < -0.3 is 25.0 Å². The van der Waals surface area contributed by atoms with Gasteiger partial charge in [-0.15, -0.1) is 0 Å². The third-order valence-electron chi connectivity index (χ3n) is 7.20. The van der Waals surface area contributed by atoms with Crippen molar-refractivity contribution in [1.29, 1.82) is 0 Å². The average molecular weight is 553 g/mol. The Labute approximate surface area is 219 Å². The highest BCUT2D eigenvalue weighted by Gasteiger charge is 2.35. The smallest absolute Gasteiger partial charge is 0.324 e. The number of nitrogens with zero attached hydrogens (tertiary/aromatic N) is 7. The summed E-state index contributed by atoms with van der Waals surface area (Å²) < 4.78 is 71.7. The Morgan fingerprint density at radius 3 is 2.36 bits per heavy atom. The molecule has 208 valence electrons. The molecule has 15 heteroatoms. The number of hydrogen-bond acceptors (Lipinski definition) is 9. The molecule has 2 atom stereocenters. The maximum absolute atomic E-state index is 14.3. The predicted molar refractivity (Wildman–Crippen MR) is 128 cm³/mol. The van der Waals surface area contributed by atoms with Crippen LogP contribution >= 0.6 is 0 Å². The first-order valence-corrected chi connectivity index (χ1v) is 12.2. The van der Waals surface area contributed by atoms with E-state index in [1.54, 1.807) is 21.7 Å². The van der Waals surface area contributed by atoms with Gasteiger partial charge in [0.15, 0.2) is 11.6 Å². The molecule has 0 spiro atoms. The number of halogens is 5. The summed E-state index contributed by atoms with van der Waals surface area (Å²) in [5.41, 5.74) is 6.41. The number of benzene rings is 1. The van der Waals surface area contributed by atoms with Crippen molar-refractivity contribution in [2.75, 3.05) is 43.0 Å². The number of carbonyl (C=O) groups is 1. The van der Waals surface area contributed by atoms with E-state index < -0.39 is 41.7 Å². The van der Waals surface area contributed by atoms with E-state index in [1.807, 2.05) is 0 Å². The van der Waals surface area contributed by atoms with Crippen molar-refractivity contribution in [3.05, 3.63) is 58.9 Å². The highest BCUT2D eigenvalue weighted by molar-refractivity contribution is 5.93. The van der Waals surface area contributed by atoms with Gasteiger partial charge in [-0.05, 0) is 24.5 Å². The molecule has 39 heavy (non-hydrogen) atoms. The highest BCUT2D eigenvalue weighted by atomic mass is 19.3. The Morgan fingerprint density at radius 1 is 1.05 bits per heavy atom. The zero-order valence-corrected chi connectivity index (χ0v) is 20.8. The first-order chi connectivity index (χ1) is 18.6. The van der Waals surface area contributed by atoms with Gasteiger partial charge in [-0.3, -0.25) is 4.79 Å². The third-order valence-corrected chi connectivity index (χ3v) is 7.20. The van der Waals surface area contributed by atoms with E-state index in [9.17, 15) is 26.7 Å². The highest BCUT2D eigenvalue weighted by Crippen LogP contribution is 2.31. The normalized spacial score (nSPS) is 20.2. The fraction of sp³-hybridized carbons (Fsp3) is 0.458. The van der Waals surface area contributed by atoms with Crippen LogP contribution in [0, 0.1) is 17.5 Å². The van der Waals surface area contributed by atoms with Crippen molar-refractivity contribution in [2.45, 2.75) is 37.3 Å². The van der Waals surface area contributed by atoms with E-state index in [0.29, 0.717) is 32.0 Å². The number of carbonyl (C=O) groups excluding carboxylic acids is 1. The molecule has 1 aromatic carbocycles. The number of piperidine rings is 1. The molecular formula is C24H25F5N8O2. The topological polar surface area (TPSA) is 118 Å². The second-order valence-corrected chi connectivity index (χ2v) is 9.61. The quantitative estimate of drug-likeness (QED) is 0.364. The zero-order valence-electron chi connectivity index (χ0n) is 20.8. The number of amides is 1. The van der Waals surface area contributed by atoms with E-state index in [1.165, 1.54) is 12.4 Å². The first-order valence-electron chi connectivity index (χ1n) is 12.2. The van der Waals surface area contributed by atoms with Crippen molar-refractivity contribution in [1.82, 2.24) is 25.0 Å². The summed E-state index contributed by atoms with van der Waals surface area (Å²) in [4.78, 5) is 30.3. The van der Waals surface area contributed by atoms with Gasteiger partial charge >= 0.3 is 12.4 Å². The van der Waals surface area contributed by atoms with Crippen molar-refractivity contribution in [3.63, 3.8) is 0 Å². The predicted octanol–water partition coefficient (Wildman–Crippen LogP) is 2.89. The molecule has 0 bridgehead atoms. The summed E-state index contributed by atoms with van der Waals surface area (Å²) in [7, 11) is 1.67. The number of nitrogens with two attached hydrogens (primary N) is 1. The van der Waals surface area contributed by atoms with Gasteiger partial charge in [-0.2, -0.15) is 4.98 Å². The zero-order chi connectivity index (χ0) is 27.8. The van der Waals surface area contributed by atoms with E-state index in [-0.39, 0.29) is 48.1 Å². The van der Waals surface area contributed by atoms with Crippen LogP contribution < -0.4 is 15.5 Å². The third kappa shape index (κ3) is 5.35. The van der Waals surface area contributed by atoms with Gasteiger partial charge in [0.25, 0.3) is 5.91 Å². The number of alkyl halides is 2. The lowest BCUT2D eigenvalue weighted by molar-refractivity contribution is 0.0707. The standard InChI is InChI=1S/C24H25F5N8O2/c1-35(13-2-4-36(5-3-13)24-33-21(20(28)29)34-39-24)22(38)12-8-31-23(32-9-12)37-10-15(19(30)11-37)14-6-17(26)18(27)7-16(14)25/h6-9,13,15,19-20H,2-5,10-11,30H2,1H3/t15-,19+/m1/s1. The number of anilines is 2. The molecule has 2 N–H and O–H groups in total. The molecule has 1 amide bonds. The number of aromatic nitrogens is 4. The van der Waals surface area contributed by atoms with Crippen LogP contribution in [-0.2, 0) is 0 Å². The van der Waals surface area contributed by atoms with Crippen LogP contribution in [0.1, 0.15) is 46.9 Å². The fourth-order valence-electron chi connectivity index (χ4n) is 5.00. The Kier molecular flexibility index (Phi) is 7.34. The van der Waals surface area contributed by atoms with E-state index in [0.717, 1.165) is 6.07 Å². The lowest BCUT2D eigenvalue weighted by Crippen LogP contribution is -2.45. The monoisotopic (exact) mass is 552 g/mol. The second-order valence-electron chi connectivity index (χ2n) is 9.61. The Balaban J connectivity index is 1.19. The maximum atomic E-state index is 14.3. The second kappa shape index (κ2) is 10.7. The van der Waals surface area contributed by atoms with E-state index in [2.05, 4.69) is 20.1 Å². The van der Waals surface area contributed by atoms with Gasteiger partial charge in [0.1, 0.15) is 5.82 Å². The molecule has 2 aliphatic rings. The fourth-order valence-corrected chi connectivity index (χ4v) is 5.00. The molecule has 2 aliphatic heterocycles. The molecule has 2 fully saturated rings. The Bertz CT molecular complexity index is 1330. The molecule has 2 saturated heterocycles. The first kappa shape index (κ1) is 26.7. The molecule has 5 rings (SSSR count). The summed E-state index contributed by atoms with van der Waals surface area (Å²) in [5, 5.41) is 3.27. The van der Waals surface area contributed by atoms with Crippen LogP contribution in [0.2, 0.25) is 0 Å². The lowest BCUT2D eigenvalue weighted by Gasteiger charge is -2.35. The molecule has 2 aromatic heterocycles. The summed E-state index contributed by atoms with van der Waals surface area (Å²) >= 11 is 0. The molecule has 0 saturated carbocycles. The largest absolute Gasteiger partial charge is 0.339 e. The SMILES string of the molecule is CN(C(=O)c1cnc(N2C[C@H](c3cc(F)c(F)cc3F)[C@@H](N)C2)nc1)C1CCN(c2nc(C(F)F)no2)CC1. The Hall–Kier alpha value is -3.88. The molecule has 3 aromatic rings. The minimum absolute atomic E-state index is 0.0167. The van der Waals surface area contributed by atoms with Gasteiger partial charge in [0.2, 0.25) is 11.8 Å². The van der Waals surface area contributed by atoms with Crippen molar-refractivity contribution < 1.29 is 31.3 Å². The van der Waals surface area contributed by atoms with E-state index in [4.69, 9.17) is 10.3 Å². The summed E-state index contributed by atoms with van der Waals surface area (Å²) in [6.45, 7) is 1.33. The molecular weight excluding hydrogens is 527 g/mol. The summed E-state index contributed by atoms with van der Waals surface area (Å²) in [5.74, 6) is -4.58. The average Bonchev–Trinajstić information content (AvgIpc) is 3.58.